The molecule has 0 spiro atoms. The molecule has 8 heteroatoms. The average molecular weight is 510 g/mol. The van der Waals surface area contributed by atoms with Crippen molar-refractivity contribution in [3.05, 3.63) is 54.1 Å². The Morgan fingerprint density at radius 1 is 0.946 bits per heavy atom. The number of carboxylic acid groups (broad SMARTS) is 1. The van der Waals surface area contributed by atoms with Crippen LogP contribution in [0.2, 0.25) is 0 Å². The molecule has 3 aromatic rings. The second-order valence-electron chi connectivity index (χ2n) is 8.74. The van der Waals surface area contributed by atoms with Crippen LogP contribution in [0.25, 0.3) is 22.5 Å². The number of benzene rings is 2. The van der Waals surface area contributed by atoms with E-state index in [9.17, 15) is 14.7 Å². The van der Waals surface area contributed by atoms with Crippen LogP contribution < -0.4 is 0 Å². The first kappa shape index (κ1) is 31.5. The van der Waals surface area contributed by atoms with Crippen LogP contribution in [0.4, 0.5) is 0 Å². The summed E-state index contributed by atoms with van der Waals surface area (Å²) in [5.74, 6) is -0.599. The molecule has 2 aromatic carbocycles. The summed E-state index contributed by atoms with van der Waals surface area (Å²) >= 11 is 0. The lowest BCUT2D eigenvalue weighted by atomic mass is 9.96. The second kappa shape index (κ2) is 16.2. The lowest BCUT2D eigenvalue weighted by Gasteiger charge is -2.32. The van der Waals surface area contributed by atoms with Gasteiger partial charge in [0.05, 0.1) is 0 Å². The van der Waals surface area contributed by atoms with E-state index in [1.54, 1.807) is 0 Å². The molecule has 0 bridgehead atoms. The average Bonchev–Trinajstić information content (AvgIpc) is 3.45. The van der Waals surface area contributed by atoms with Crippen LogP contribution in [0.1, 0.15) is 73.8 Å². The van der Waals surface area contributed by atoms with Gasteiger partial charge in [-0.1, -0.05) is 110 Å². The summed E-state index contributed by atoms with van der Waals surface area (Å²) < 4.78 is 0. The van der Waals surface area contributed by atoms with Gasteiger partial charge in [-0.25, -0.2) is 4.79 Å². The molecule has 0 radical (unpaired) electrons. The van der Waals surface area contributed by atoms with Gasteiger partial charge in [0, 0.05) is 18.5 Å². The third-order valence-electron chi connectivity index (χ3n) is 5.89. The summed E-state index contributed by atoms with van der Waals surface area (Å²) in [5, 5.41) is 24.1. The number of aliphatic carboxylic acids is 1. The van der Waals surface area contributed by atoms with Crippen LogP contribution in [0.15, 0.2) is 48.5 Å². The van der Waals surface area contributed by atoms with Crippen molar-refractivity contribution in [2.45, 2.75) is 80.8 Å². The Kier molecular flexibility index (Phi) is 13.8. The minimum atomic E-state index is -0.979. The summed E-state index contributed by atoms with van der Waals surface area (Å²) in [6.45, 7) is 16.0. The van der Waals surface area contributed by atoms with Crippen molar-refractivity contribution in [2.24, 2.45) is 11.8 Å². The van der Waals surface area contributed by atoms with Gasteiger partial charge in [0.1, 0.15) is 6.04 Å². The van der Waals surface area contributed by atoms with Crippen LogP contribution in [-0.4, -0.2) is 48.5 Å². The number of carbonyl (C=O) groups excluding carboxylic acids is 1. The Bertz CT molecular complexity index is 1070. The summed E-state index contributed by atoms with van der Waals surface area (Å²) in [6.07, 6.45) is 1.20. The van der Waals surface area contributed by atoms with E-state index in [0.29, 0.717) is 12.2 Å². The van der Waals surface area contributed by atoms with Crippen LogP contribution in [0, 0.1) is 11.8 Å². The van der Waals surface area contributed by atoms with Crippen LogP contribution in [-0.2, 0) is 16.1 Å². The molecular formula is C29H43N5O3. The van der Waals surface area contributed by atoms with E-state index in [1.165, 1.54) is 4.90 Å². The molecule has 202 valence electrons. The number of aromatic amines is 1. The van der Waals surface area contributed by atoms with Crippen molar-refractivity contribution in [2.75, 3.05) is 0 Å². The van der Waals surface area contributed by atoms with Crippen molar-refractivity contribution < 1.29 is 14.7 Å². The number of rotatable bonds is 10. The normalized spacial score (nSPS) is 11.9. The van der Waals surface area contributed by atoms with Gasteiger partial charge in [0.2, 0.25) is 11.7 Å². The SMILES string of the molecule is CC.CC.CCC(C)CC(=O)N(Cc1ccc(-c2ccccc2-c2nn[nH]n2)cc1)C(C(=O)O)C(C)C. The molecule has 0 saturated heterocycles. The number of nitrogens with zero attached hydrogens (tertiary/aromatic N) is 4. The number of hydrogen-bond donors (Lipinski definition) is 2. The van der Waals surface area contributed by atoms with Gasteiger partial charge in [-0.3, -0.25) is 4.79 Å². The highest BCUT2D eigenvalue weighted by atomic mass is 16.4. The predicted octanol–water partition coefficient (Wildman–Crippen LogP) is 6.46. The van der Waals surface area contributed by atoms with Crippen molar-refractivity contribution in [1.82, 2.24) is 25.5 Å². The maximum atomic E-state index is 13.1. The summed E-state index contributed by atoms with van der Waals surface area (Å²) in [7, 11) is 0. The molecular weight excluding hydrogens is 466 g/mol. The molecule has 2 atom stereocenters. The standard InChI is InChI=1S/C25H31N5O3.2C2H6/c1-5-17(4)14-22(31)30(23(16(2)3)25(32)33)15-18-10-12-19(13-11-18)20-8-6-7-9-21(20)24-26-28-29-27-24;2*1-2/h6-13,16-17,23H,5,14-15H2,1-4H3,(H,32,33)(H,26,27,28,29);2*1-2H3. The van der Waals surface area contributed by atoms with Gasteiger partial charge in [0.25, 0.3) is 0 Å². The van der Waals surface area contributed by atoms with Gasteiger partial charge in [-0.2, -0.15) is 5.21 Å². The van der Waals surface area contributed by atoms with E-state index in [1.807, 2.05) is 104 Å². The van der Waals surface area contributed by atoms with Gasteiger partial charge >= 0.3 is 5.97 Å². The Labute approximate surface area is 221 Å². The highest BCUT2D eigenvalue weighted by Crippen LogP contribution is 2.30. The molecule has 3 rings (SSSR count). The van der Waals surface area contributed by atoms with Gasteiger partial charge < -0.3 is 10.0 Å². The number of aromatic nitrogens is 4. The van der Waals surface area contributed by atoms with E-state index in [0.717, 1.165) is 28.7 Å². The zero-order valence-corrected chi connectivity index (χ0v) is 23.5. The van der Waals surface area contributed by atoms with E-state index < -0.39 is 12.0 Å². The number of carboxylic acids is 1. The van der Waals surface area contributed by atoms with Crippen LogP contribution in [0.5, 0.6) is 0 Å². The molecule has 1 heterocycles. The van der Waals surface area contributed by atoms with Gasteiger partial charge in [-0.05, 0) is 33.7 Å². The lowest BCUT2D eigenvalue weighted by Crippen LogP contribution is -2.48. The molecule has 37 heavy (non-hydrogen) atoms. The van der Waals surface area contributed by atoms with Gasteiger partial charge in [-0.15, -0.1) is 10.2 Å². The molecule has 1 aromatic heterocycles. The number of nitrogens with one attached hydrogen (secondary N) is 1. The number of hydrogen-bond acceptors (Lipinski definition) is 5. The second-order valence-corrected chi connectivity index (χ2v) is 8.74. The minimum Gasteiger partial charge on any atom is -0.480 e. The smallest absolute Gasteiger partial charge is 0.326 e. The van der Waals surface area contributed by atoms with E-state index >= 15 is 0 Å². The summed E-state index contributed by atoms with van der Waals surface area (Å²) in [6, 6.07) is 14.7. The summed E-state index contributed by atoms with van der Waals surface area (Å²) in [5.41, 5.74) is 3.66. The third kappa shape index (κ3) is 8.81. The number of amides is 1. The fourth-order valence-electron chi connectivity index (χ4n) is 3.87. The third-order valence-corrected chi connectivity index (χ3v) is 5.89. The zero-order valence-electron chi connectivity index (χ0n) is 23.5. The fourth-order valence-corrected chi connectivity index (χ4v) is 3.87. The molecule has 1 amide bonds. The minimum absolute atomic E-state index is 0.128. The van der Waals surface area contributed by atoms with Crippen LogP contribution in [0.3, 0.4) is 0 Å². The zero-order chi connectivity index (χ0) is 28.0. The van der Waals surface area contributed by atoms with Crippen molar-refractivity contribution in [3.63, 3.8) is 0 Å². The molecule has 0 aliphatic carbocycles. The highest BCUT2D eigenvalue weighted by Gasteiger charge is 2.32. The van der Waals surface area contributed by atoms with Gasteiger partial charge in [0.15, 0.2) is 0 Å². The number of carbonyl (C=O) groups is 2. The molecule has 0 aliphatic heterocycles. The fraction of sp³-hybridized carbons (Fsp3) is 0.483. The monoisotopic (exact) mass is 509 g/mol. The maximum absolute atomic E-state index is 13.1. The van der Waals surface area contributed by atoms with Crippen molar-refractivity contribution >= 4 is 11.9 Å². The molecule has 2 N–H and O–H groups in total. The Balaban J connectivity index is 0.00000163. The molecule has 0 aliphatic rings. The largest absolute Gasteiger partial charge is 0.480 e. The molecule has 0 fully saturated rings. The Morgan fingerprint density at radius 3 is 2.03 bits per heavy atom. The first-order valence-electron chi connectivity index (χ1n) is 13.3. The Hall–Kier alpha value is -3.55. The van der Waals surface area contributed by atoms with E-state index in [-0.39, 0.29) is 24.3 Å². The number of H-pyrrole nitrogens is 1. The highest BCUT2D eigenvalue weighted by molar-refractivity contribution is 5.84. The van der Waals surface area contributed by atoms with Crippen molar-refractivity contribution in [1.29, 1.82) is 0 Å². The predicted molar refractivity (Wildman–Crippen MR) is 149 cm³/mol. The first-order chi connectivity index (χ1) is 17.8. The van der Waals surface area contributed by atoms with E-state index in [2.05, 4.69) is 20.6 Å². The first-order valence-corrected chi connectivity index (χ1v) is 13.3. The summed E-state index contributed by atoms with van der Waals surface area (Å²) in [4.78, 5) is 26.6. The molecule has 0 saturated carbocycles. The van der Waals surface area contributed by atoms with Crippen LogP contribution >= 0.6 is 0 Å². The molecule has 8 nitrogen and oxygen atoms in total. The Morgan fingerprint density at radius 2 is 1.54 bits per heavy atom. The number of tetrazole rings is 1. The quantitative estimate of drug-likeness (QED) is 0.324. The topological polar surface area (TPSA) is 112 Å². The van der Waals surface area contributed by atoms with E-state index in [4.69, 9.17) is 0 Å². The molecule has 2 unspecified atom stereocenters. The van der Waals surface area contributed by atoms with Crippen molar-refractivity contribution in [3.8, 4) is 22.5 Å². The lowest BCUT2D eigenvalue weighted by molar-refractivity contribution is -0.153. The maximum Gasteiger partial charge on any atom is 0.326 e.